The first-order valence-corrected chi connectivity index (χ1v) is 7.59. The number of allylic oxidation sites excluding steroid dienone is 6. The maximum absolute atomic E-state index is 11.4. The zero-order valence-corrected chi connectivity index (χ0v) is 14.3. The second kappa shape index (κ2) is 11.4. The Balaban J connectivity index is 4.39. The van der Waals surface area contributed by atoms with Crippen molar-refractivity contribution in [2.24, 2.45) is 0 Å². The fourth-order valence-electron chi connectivity index (χ4n) is 1.68. The standard InChI is InChI=1S/C18H26ClNO/c1-6-7-18(21)13-20-16(5)9-11-17(12-15(4)19)10-8-14(2)3/h1,8,10,12,16,20H,7,9,11,13H2,2-5H3/b15-12+,17-10-/t16-/m0/s1. The molecule has 21 heavy (non-hydrogen) atoms. The van der Waals surface area contributed by atoms with E-state index in [4.69, 9.17) is 18.0 Å². The molecule has 0 aromatic heterocycles. The lowest BCUT2D eigenvalue weighted by Gasteiger charge is -2.13. The summed E-state index contributed by atoms with van der Waals surface area (Å²) < 4.78 is 0. The van der Waals surface area contributed by atoms with Gasteiger partial charge in [-0.25, -0.2) is 0 Å². The van der Waals surface area contributed by atoms with Crippen molar-refractivity contribution < 1.29 is 4.79 Å². The number of hydrogen-bond acceptors (Lipinski definition) is 2. The molecule has 0 aliphatic heterocycles. The molecule has 2 nitrogen and oxygen atoms in total. The summed E-state index contributed by atoms with van der Waals surface area (Å²) >= 11 is 5.96. The van der Waals surface area contributed by atoms with Crippen molar-refractivity contribution >= 4 is 17.4 Å². The predicted molar refractivity (Wildman–Crippen MR) is 92.3 cm³/mol. The van der Waals surface area contributed by atoms with Crippen LogP contribution in [0.2, 0.25) is 0 Å². The topological polar surface area (TPSA) is 29.1 Å². The minimum atomic E-state index is 0.0566. The molecular formula is C18H26ClNO. The Kier molecular flexibility index (Phi) is 10.7. The second-order valence-electron chi connectivity index (χ2n) is 5.46. The number of halogens is 1. The first-order chi connectivity index (χ1) is 9.85. The zero-order valence-electron chi connectivity index (χ0n) is 13.5. The van der Waals surface area contributed by atoms with Crippen molar-refractivity contribution in [3.8, 4) is 12.3 Å². The molecule has 0 saturated carbocycles. The summed E-state index contributed by atoms with van der Waals surface area (Å²) in [6, 6.07) is 0.255. The van der Waals surface area contributed by atoms with Crippen LogP contribution >= 0.6 is 11.6 Å². The van der Waals surface area contributed by atoms with Crippen LogP contribution < -0.4 is 5.32 Å². The van der Waals surface area contributed by atoms with Gasteiger partial charge >= 0.3 is 0 Å². The van der Waals surface area contributed by atoms with Gasteiger partial charge < -0.3 is 5.32 Å². The van der Waals surface area contributed by atoms with Gasteiger partial charge in [-0.3, -0.25) is 4.79 Å². The van der Waals surface area contributed by atoms with E-state index < -0.39 is 0 Å². The highest BCUT2D eigenvalue weighted by atomic mass is 35.5. The second-order valence-corrected chi connectivity index (χ2v) is 6.05. The van der Waals surface area contributed by atoms with E-state index in [1.165, 1.54) is 11.1 Å². The van der Waals surface area contributed by atoms with Gasteiger partial charge in [0.05, 0.1) is 13.0 Å². The normalized spacial score (nSPS) is 13.5. The number of hydrogen-bond donors (Lipinski definition) is 1. The van der Waals surface area contributed by atoms with Crippen molar-refractivity contribution in [2.75, 3.05) is 6.54 Å². The average Bonchev–Trinajstić information content (AvgIpc) is 2.39. The Bertz CT molecular complexity index is 458. The van der Waals surface area contributed by atoms with Crippen molar-refractivity contribution in [1.82, 2.24) is 5.32 Å². The van der Waals surface area contributed by atoms with Gasteiger partial charge in [-0.2, -0.15) is 0 Å². The third-order valence-electron chi connectivity index (χ3n) is 2.83. The van der Waals surface area contributed by atoms with Gasteiger partial charge in [0.2, 0.25) is 0 Å². The van der Waals surface area contributed by atoms with E-state index in [0.29, 0.717) is 6.54 Å². The molecule has 3 heteroatoms. The molecule has 0 bridgehead atoms. The summed E-state index contributed by atoms with van der Waals surface area (Å²) in [7, 11) is 0. The number of carbonyl (C=O) groups excluding carboxylic acids is 1. The van der Waals surface area contributed by atoms with Gasteiger partial charge in [0.1, 0.15) is 0 Å². The van der Waals surface area contributed by atoms with Crippen LogP contribution in [0.4, 0.5) is 0 Å². The van der Waals surface area contributed by atoms with Gasteiger partial charge in [0, 0.05) is 11.1 Å². The van der Waals surface area contributed by atoms with E-state index in [9.17, 15) is 4.79 Å². The minimum absolute atomic E-state index is 0.0566. The van der Waals surface area contributed by atoms with Gasteiger partial charge in [-0.05, 0) is 52.2 Å². The van der Waals surface area contributed by atoms with Crippen molar-refractivity contribution in [2.45, 2.75) is 53.0 Å². The number of nitrogens with one attached hydrogen (secondary N) is 1. The van der Waals surface area contributed by atoms with Gasteiger partial charge in [-0.15, -0.1) is 6.42 Å². The fraction of sp³-hybridized carbons (Fsp3) is 0.500. The number of carbonyl (C=O) groups is 1. The molecule has 0 radical (unpaired) electrons. The summed E-state index contributed by atoms with van der Waals surface area (Å²) in [5.74, 6) is 2.42. The molecule has 0 aromatic carbocycles. The molecule has 1 N–H and O–H groups in total. The summed E-state index contributed by atoms with van der Waals surface area (Å²) in [5.41, 5.74) is 2.44. The summed E-state index contributed by atoms with van der Waals surface area (Å²) in [6.07, 6.45) is 13.3. The van der Waals surface area contributed by atoms with E-state index in [1.807, 2.05) is 13.0 Å². The first-order valence-electron chi connectivity index (χ1n) is 7.21. The lowest BCUT2D eigenvalue weighted by molar-refractivity contribution is -0.117. The molecule has 0 fully saturated rings. The van der Waals surface area contributed by atoms with Gasteiger partial charge in [0.25, 0.3) is 0 Å². The lowest BCUT2D eigenvalue weighted by atomic mass is 10.0. The minimum Gasteiger partial charge on any atom is -0.307 e. The van der Waals surface area contributed by atoms with Crippen molar-refractivity contribution in [1.29, 1.82) is 0 Å². The molecule has 0 spiro atoms. The molecular weight excluding hydrogens is 282 g/mol. The van der Waals surface area contributed by atoms with Crippen LogP contribution in [0.1, 0.15) is 47.0 Å². The largest absolute Gasteiger partial charge is 0.307 e. The third-order valence-corrected chi connectivity index (χ3v) is 2.94. The number of terminal acetylenes is 1. The maximum Gasteiger partial charge on any atom is 0.158 e. The highest BCUT2D eigenvalue weighted by Crippen LogP contribution is 2.14. The Morgan fingerprint density at radius 2 is 2.00 bits per heavy atom. The third kappa shape index (κ3) is 12.2. The highest BCUT2D eigenvalue weighted by Gasteiger charge is 2.05. The first kappa shape index (κ1) is 19.7. The summed E-state index contributed by atoms with van der Waals surface area (Å²) in [5, 5.41) is 3.97. The Hall–Kier alpha value is -1.30. The summed E-state index contributed by atoms with van der Waals surface area (Å²) in [4.78, 5) is 11.4. The smallest absolute Gasteiger partial charge is 0.158 e. The fourth-order valence-corrected chi connectivity index (χ4v) is 1.82. The van der Waals surface area contributed by atoms with Crippen LogP contribution in [-0.2, 0) is 4.79 Å². The molecule has 1 atom stereocenters. The molecule has 0 aliphatic carbocycles. The number of Topliss-reactive ketones (excluding diaryl/α,β-unsaturated/α-hetero) is 1. The maximum atomic E-state index is 11.4. The Labute approximate surface area is 134 Å². The Morgan fingerprint density at radius 3 is 2.52 bits per heavy atom. The number of rotatable bonds is 9. The molecule has 0 unspecified atom stereocenters. The van der Waals surface area contributed by atoms with Crippen molar-refractivity contribution in [3.05, 3.63) is 34.4 Å². The highest BCUT2D eigenvalue weighted by molar-refractivity contribution is 6.29. The van der Waals surface area contributed by atoms with E-state index >= 15 is 0 Å². The number of ketones is 1. The van der Waals surface area contributed by atoms with Crippen LogP contribution in [0.25, 0.3) is 0 Å². The molecule has 116 valence electrons. The van der Waals surface area contributed by atoms with E-state index in [0.717, 1.165) is 17.9 Å². The molecule has 0 aliphatic rings. The predicted octanol–water partition coefficient (Wildman–Crippen LogP) is 4.37. The molecule has 0 amide bonds. The zero-order chi connectivity index (χ0) is 16.3. The summed E-state index contributed by atoms with van der Waals surface area (Å²) in [6.45, 7) is 8.40. The van der Waals surface area contributed by atoms with E-state index in [-0.39, 0.29) is 18.2 Å². The quantitative estimate of drug-likeness (QED) is 0.506. The molecule has 0 aromatic rings. The van der Waals surface area contributed by atoms with Gasteiger partial charge in [0.15, 0.2) is 5.78 Å². The lowest BCUT2D eigenvalue weighted by Crippen LogP contribution is -2.31. The molecule has 0 heterocycles. The van der Waals surface area contributed by atoms with Crippen LogP contribution in [0.5, 0.6) is 0 Å². The van der Waals surface area contributed by atoms with E-state index in [1.54, 1.807) is 0 Å². The van der Waals surface area contributed by atoms with Crippen LogP contribution in [0, 0.1) is 12.3 Å². The van der Waals surface area contributed by atoms with Gasteiger partial charge in [-0.1, -0.05) is 35.2 Å². The monoisotopic (exact) mass is 307 g/mol. The van der Waals surface area contributed by atoms with Crippen molar-refractivity contribution in [3.63, 3.8) is 0 Å². The molecule has 0 rings (SSSR count). The average molecular weight is 308 g/mol. The van der Waals surface area contributed by atoms with Crippen LogP contribution in [0.15, 0.2) is 34.4 Å². The SMILES string of the molecule is C#CCC(=O)CN[C@@H](C)CCC(=C/C=C(C)C)/C=C(\C)Cl. The van der Waals surface area contributed by atoms with Crippen LogP contribution in [-0.4, -0.2) is 18.4 Å². The molecule has 0 saturated heterocycles. The van der Waals surface area contributed by atoms with Crippen LogP contribution in [0.3, 0.4) is 0 Å². The Morgan fingerprint density at radius 1 is 1.33 bits per heavy atom. The van der Waals surface area contributed by atoms with E-state index in [2.05, 4.69) is 44.2 Å².